The summed E-state index contributed by atoms with van der Waals surface area (Å²) in [5, 5.41) is 24.4. The number of nitrogens with zero attached hydrogens (tertiary/aromatic N) is 4. The van der Waals surface area contributed by atoms with Gasteiger partial charge in [0.2, 0.25) is 0 Å². The Balaban J connectivity index is 1.25. The number of nitrogens with one attached hydrogen (secondary N) is 3. The van der Waals surface area contributed by atoms with Crippen LogP contribution in [0.5, 0.6) is 5.75 Å². The maximum atomic E-state index is 13.3. The van der Waals surface area contributed by atoms with Gasteiger partial charge in [0.25, 0.3) is 23.7 Å². The molecule has 1 aromatic carbocycles. The molecule has 5 rings (SSSR count). The Morgan fingerprint density at radius 3 is 2.49 bits per heavy atom. The van der Waals surface area contributed by atoms with Crippen molar-refractivity contribution in [2.45, 2.75) is 38.1 Å². The number of benzene rings is 1. The van der Waals surface area contributed by atoms with Crippen molar-refractivity contribution in [3.63, 3.8) is 0 Å². The number of ether oxygens (including phenoxy) is 1. The molecule has 0 aliphatic carbocycles. The molecule has 51 heavy (non-hydrogen) atoms. The summed E-state index contributed by atoms with van der Waals surface area (Å²) in [7, 11) is -5.02. The largest absolute Gasteiger partial charge is 0.489 e. The van der Waals surface area contributed by atoms with Crippen LogP contribution in [0.4, 0.5) is 10.9 Å². The van der Waals surface area contributed by atoms with Crippen molar-refractivity contribution in [2.75, 3.05) is 43.8 Å². The molecule has 2 amide bonds. The molecule has 9 N–H and O–H groups in total. The molecule has 21 heteroatoms. The first-order valence-corrected chi connectivity index (χ1v) is 17.8. The van der Waals surface area contributed by atoms with Crippen LogP contribution in [0, 0.1) is 5.92 Å². The van der Waals surface area contributed by atoms with E-state index in [1.54, 1.807) is 12.1 Å². The van der Waals surface area contributed by atoms with E-state index < -0.39 is 58.2 Å². The minimum absolute atomic E-state index is 0.0597. The van der Waals surface area contributed by atoms with E-state index in [4.69, 9.17) is 25.6 Å². The van der Waals surface area contributed by atoms with Gasteiger partial charge in [-0.15, -0.1) is 15.6 Å². The molecule has 2 fully saturated rings. The Hall–Kier alpha value is -4.93. The molecule has 0 radical (unpaired) electrons. The second kappa shape index (κ2) is 15.5. The van der Waals surface area contributed by atoms with Crippen LogP contribution in [0.1, 0.15) is 19.5 Å². The summed E-state index contributed by atoms with van der Waals surface area (Å²) in [6.07, 6.45) is 0.381. The first-order chi connectivity index (χ1) is 24.2. The van der Waals surface area contributed by atoms with E-state index in [2.05, 4.69) is 41.1 Å². The number of carbonyl (C=O) groups is 3. The number of aliphatic carboxylic acids is 1. The number of nitrogens with two attached hydrogens (primary N) is 2. The molecule has 19 nitrogen and oxygen atoms in total. The van der Waals surface area contributed by atoms with Crippen LogP contribution < -0.4 is 36.7 Å². The predicted octanol–water partition coefficient (Wildman–Crippen LogP) is -0.637. The smallest absolute Gasteiger partial charge is 0.418 e. The van der Waals surface area contributed by atoms with Gasteiger partial charge >= 0.3 is 16.4 Å². The normalized spacial score (nSPS) is 18.0. The molecule has 2 atom stereocenters. The van der Waals surface area contributed by atoms with Crippen molar-refractivity contribution >= 4 is 56.2 Å². The number of carboxylic acid groups (broad SMARTS) is 1. The second-order valence-corrected chi connectivity index (χ2v) is 14.1. The van der Waals surface area contributed by atoms with Crippen LogP contribution in [0.25, 0.3) is 11.1 Å². The fourth-order valence-corrected chi connectivity index (χ4v) is 6.18. The fraction of sp³-hybridized carbons (Fsp3) is 0.400. The van der Waals surface area contributed by atoms with Crippen molar-refractivity contribution in [1.82, 2.24) is 20.7 Å². The van der Waals surface area contributed by atoms with Crippen LogP contribution in [-0.4, -0.2) is 102 Å². The Kier molecular flexibility index (Phi) is 11.4. The molecule has 0 saturated carbocycles. The third-order valence-corrected chi connectivity index (χ3v) is 9.04. The van der Waals surface area contributed by atoms with E-state index in [0.717, 1.165) is 47.9 Å². The number of hydrogen-bond donors (Lipinski definition) is 7. The Bertz CT molecular complexity index is 1900. The van der Waals surface area contributed by atoms with Gasteiger partial charge in [0.05, 0.1) is 24.8 Å². The lowest BCUT2D eigenvalue weighted by molar-refractivity contribution is -0.690. The monoisotopic (exact) mass is 748 g/mol. The number of oxime groups is 1. The topological polar surface area (TPSA) is 274 Å². The van der Waals surface area contributed by atoms with Gasteiger partial charge in [-0.05, 0) is 37.6 Å². The molecule has 0 bridgehead atoms. The number of carboxylic acids is 1. The average Bonchev–Trinajstić information content (AvgIpc) is 3.49. The second-order valence-electron chi connectivity index (χ2n) is 12.2. The van der Waals surface area contributed by atoms with Gasteiger partial charge in [0.1, 0.15) is 24.1 Å². The van der Waals surface area contributed by atoms with Crippen molar-refractivity contribution in [1.29, 1.82) is 0 Å². The zero-order valence-electron chi connectivity index (χ0n) is 27.5. The molecule has 4 heterocycles. The van der Waals surface area contributed by atoms with E-state index in [9.17, 15) is 27.9 Å². The lowest BCUT2D eigenvalue weighted by Gasteiger charge is -2.50. The van der Waals surface area contributed by atoms with Crippen molar-refractivity contribution in [2.24, 2.45) is 16.8 Å². The molecule has 2 saturated heterocycles. The highest BCUT2D eigenvalue weighted by molar-refractivity contribution is 7.80. The minimum Gasteiger partial charge on any atom is -0.489 e. The molecule has 1 unspecified atom stereocenters. The van der Waals surface area contributed by atoms with Crippen molar-refractivity contribution in [3.05, 3.63) is 53.7 Å². The van der Waals surface area contributed by atoms with Crippen molar-refractivity contribution < 1.29 is 50.9 Å². The van der Waals surface area contributed by atoms with Gasteiger partial charge < -0.3 is 36.8 Å². The number of β-lactam (4-membered cyclic amide) rings is 1. The summed E-state index contributed by atoms with van der Waals surface area (Å²) >= 11 is 0.962. The predicted molar refractivity (Wildman–Crippen MR) is 183 cm³/mol. The lowest BCUT2D eigenvalue weighted by atomic mass is 9.84. The van der Waals surface area contributed by atoms with E-state index in [0.29, 0.717) is 29.8 Å². The first-order valence-electron chi connectivity index (χ1n) is 15.6. The molecule has 0 spiro atoms. The maximum Gasteiger partial charge on any atom is 0.418 e. The summed E-state index contributed by atoms with van der Waals surface area (Å²) in [5.74, 6) is -1.62. The van der Waals surface area contributed by atoms with Crippen LogP contribution in [0.15, 0.2) is 53.1 Å². The quantitative estimate of drug-likeness (QED) is 0.0298. The molecule has 2 aliphatic heterocycles. The number of hydroxylamine groups is 2. The Labute approximate surface area is 296 Å². The highest BCUT2D eigenvalue weighted by Crippen LogP contribution is 2.33. The number of thiazole rings is 1. The average molecular weight is 749 g/mol. The number of anilines is 2. The summed E-state index contributed by atoms with van der Waals surface area (Å²) in [6, 6.07) is 9.70. The van der Waals surface area contributed by atoms with Crippen LogP contribution >= 0.6 is 11.3 Å². The third kappa shape index (κ3) is 9.06. The number of nitrogen functional groups attached to an aromatic ring is 1. The first kappa shape index (κ1) is 37.3. The van der Waals surface area contributed by atoms with E-state index in [1.165, 1.54) is 19.2 Å². The summed E-state index contributed by atoms with van der Waals surface area (Å²) in [4.78, 5) is 47.1. The molecular weight excluding hydrogens is 711 g/mol. The summed E-state index contributed by atoms with van der Waals surface area (Å²) in [6.45, 7) is 6.13. The van der Waals surface area contributed by atoms with Gasteiger partial charge in [-0.25, -0.2) is 14.3 Å². The van der Waals surface area contributed by atoms with Crippen molar-refractivity contribution in [3.8, 4) is 16.9 Å². The number of pyridine rings is 1. The van der Waals surface area contributed by atoms with Gasteiger partial charge in [0, 0.05) is 42.6 Å². The number of amides is 2. The van der Waals surface area contributed by atoms with E-state index >= 15 is 0 Å². The van der Waals surface area contributed by atoms with Crippen LogP contribution in [-0.2, 0) is 40.4 Å². The maximum absolute atomic E-state index is 13.3. The van der Waals surface area contributed by atoms with E-state index in [-0.39, 0.29) is 10.8 Å². The van der Waals surface area contributed by atoms with E-state index in [1.807, 2.05) is 24.3 Å². The molecule has 274 valence electrons. The number of hydrogen-bond acceptors (Lipinski definition) is 15. The molecule has 2 aromatic heterocycles. The standard InChI is InChI=1S/C30H37N9O10S2/c1-30(2)25(27(41)39(30)49-51(44,45)46)36-26(40)24(21-16-50-29(32)35-21)37-48-22(28(42)43)15-47-20-6-3-18(4-7-20)19-5-8-23(34-10-9-31)38(14-19)13-17-11-33-12-17/h3-8,14,16-17,22,25,33H,9-13,15,31H2,1-2H3,(H5,32,35,36,40,42,43,44,45,46)/p+1/b37-24-/t22-,25?/m0/s1. The van der Waals surface area contributed by atoms with Gasteiger partial charge in [0.15, 0.2) is 10.8 Å². The number of rotatable bonds is 17. The van der Waals surface area contributed by atoms with Gasteiger partial charge in [-0.1, -0.05) is 17.3 Å². The fourth-order valence-electron chi connectivity index (χ4n) is 5.18. The van der Waals surface area contributed by atoms with Gasteiger partial charge in [-0.2, -0.15) is 13.5 Å². The third-order valence-electron chi connectivity index (χ3n) is 8.03. The zero-order valence-corrected chi connectivity index (χ0v) is 29.1. The SMILES string of the molecule is CC1(C)C(NC(=O)/C(=N\O[C@@H](COc2ccc(-c3ccc(NCCN)[n+](CC4CNC4)c3)cc2)C(=O)O)c2csc(N)n2)C(=O)N1OS(=O)(=O)O. The lowest BCUT2D eigenvalue weighted by Crippen LogP contribution is -2.76. The Morgan fingerprint density at radius 1 is 1.22 bits per heavy atom. The van der Waals surface area contributed by atoms with Crippen LogP contribution in [0.2, 0.25) is 0 Å². The highest BCUT2D eigenvalue weighted by atomic mass is 32.3. The number of carbonyl (C=O) groups excluding carboxylic acids is 2. The molecule has 2 aliphatic rings. The minimum atomic E-state index is -5.02. The molecule has 3 aromatic rings. The summed E-state index contributed by atoms with van der Waals surface area (Å²) < 4.78 is 43.4. The number of aromatic nitrogens is 2. The highest BCUT2D eigenvalue weighted by Gasteiger charge is 2.58. The van der Waals surface area contributed by atoms with Crippen LogP contribution in [0.3, 0.4) is 0 Å². The summed E-state index contributed by atoms with van der Waals surface area (Å²) in [5.41, 5.74) is 11.2. The van der Waals surface area contributed by atoms with Gasteiger partial charge in [-0.3, -0.25) is 19.5 Å². The molecular formula is C30H38N9O10S2+. The zero-order chi connectivity index (χ0) is 36.9. The Morgan fingerprint density at radius 2 is 1.92 bits per heavy atom.